The summed E-state index contributed by atoms with van der Waals surface area (Å²) in [7, 11) is 0. The Kier molecular flexibility index (Phi) is 5.48. The molecule has 0 bridgehead atoms. The van der Waals surface area contributed by atoms with Gasteiger partial charge in [-0.1, -0.05) is 6.07 Å². The van der Waals surface area contributed by atoms with Crippen LogP contribution in [-0.4, -0.2) is 20.6 Å². The van der Waals surface area contributed by atoms with E-state index in [1.165, 1.54) is 11.3 Å². The largest absolute Gasteiger partial charge is 0.422 e. The molecule has 0 aliphatic carbocycles. The van der Waals surface area contributed by atoms with Crippen LogP contribution in [0.2, 0.25) is 0 Å². The van der Waals surface area contributed by atoms with Gasteiger partial charge in [0.05, 0.1) is 0 Å². The lowest BCUT2D eigenvalue weighted by atomic mass is 10.0. The van der Waals surface area contributed by atoms with Gasteiger partial charge in [-0.15, -0.1) is 11.3 Å². The molecule has 2 heterocycles. The first kappa shape index (κ1) is 18.1. The monoisotopic (exact) mass is 535 g/mol. The second-order valence-corrected chi connectivity index (χ2v) is 12.9. The van der Waals surface area contributed by atoms with Gasteiger partial charge in [-0.25, -0.2) is 4.79 Å². The number of rotatable bonds is 2. The third-order valence-corrected chi connectivity index (χ3v) is 5.46. The standard InChI is InChI=1S/C16H12Br3NO3S/c17-16(18,19)15(22)20-7-1-3-10-9-11(5-6-12(10)20)23-14(21)13-4-2-8-24-13/h2,4-6,8-9H,1,3,7H2. The molecular formula is C16H12Br3NO3S. The summed E-state index contributed by atoms with van der Waals surface area (Å²) in [4.78, 5) is 26.8. The predicted octanol–water partition coefficient (Wildman–Crippen LogP) is 5.09. The van der Waals surface area contributed by atoms with Gasteiger partial charge in [-0.2, -0.15) is 0 Å². The van der Waals surface area contributed by atoms with Crippen LogP contribution in [0.4, 0.5) is 5.69 Å². The van der Waals surface area contributed by atoms with Crippen LogP contribution < -0.4 is 9.64 Å². The third kappa shape index (κ3) is 3.92. The van der Waals surface area contributed by atoms with Crippen molar-refractivity contribution in [3.8, 4) is 5.75 Å². The van der Waals surface area contributed by atoms with Crippen molar-refractivity contribution in [1.29, 1.82) is 0 Å². The number of halogens is 3. The second-order valence-electron chi connectivity index (χ2n) is 5.22. The van der Waals surface area contributed by atoms with Gasteiger partial charge in [0.1, 0.15) is 10.6 Å². The van der Waals surface area contributed by atoms with E-state index in [9.17, 15) is 9.59 Å². The highest BCUT2D eigenvalue weighted by molar-refractivity contribution is 9.40. The number of thiophene rings is 1. The van der Waals surface area contributed by atoms with E-state index in [2.05, 4.69) is 47.8 Å². The molecule has 1 aromatic heterocycles. The Morgan fingerprint density at radius 2 is 2.00 bits per heavy atom. The van der Waals surface area contributed by atoms with Crippen LogP contribution >= 0.6 is 59.1 Å². The van der Waals surface area contributed by atoms with Gasteiger partial charge in [-0.05, 0) is 95.8 Å². The molecule has 1 amide bonds. The Hall–Kier alpha value is -0.700. The first-order valence-electron chi connectivity index (χ1n) is 7.13. The summed E-state index contributed by atoms with van der Waals surface area (Å²) in [6.45, 7) is 0.644. The molecule has 0 saturated carbocycles. The van der Waals surface area contributed by atoms with Crippen molar-refractivity contribution >= 4 is 76.7 Å². The van der Waals surface area contributed by atoms with Crippen molar-refractivity contribution in [1.82, 2.24) is 0 Å². The SMILES string of the molecule is O=C(Oc1ccc2c(c1)CCCN2C(=O)C(Br)(Br)Br)c1cccs1. The number of esters is 1. The number of carbonyl (C=O) groups is 2. The summed E-state index contributed by atoms with van der Waals surface area (Å²) >= 11 is 11.2. The van der Waals surface area contributed by atoms with Crippen LogP contribution in [0.3, 0.4) is 0 Å². The molecule has 1 aliphatic heterocycles. The van der Waals surface area contributed by atoms with Crippen molar-refractivity contribution in [3.05, 3.63) is 46.2 Å². The molecule has 0 spiro atoms. The molecule has 0 saturated heterocycles. The topological polar surface area (TPSA) is 46.6 Å². The van der Waals surface area contributed by atoms with E-state index in [4.69, 9.17) is 4.74 Å². The highest BCUT2D eigenvalue weighted by Crippen LogP contribution is 2.39. The Balaban J connectivity index is 1.83. The van der Waals surface area contributed by atoms with E-state index in [0.717, 1.165) is 24.1 Å². The number of hydrogen-bond donors (Lipinski definition) is 0. The molecule has 2 aromatic rings. The average Bonchev–Trinajstić information content (AvgIpc) is 3.07. The Labute approximate surface area is 168 Å². The lowest BCUT2D eigenvalue weighted by Crippen LogP contribution is -2.41. The van der Waals surface area contributed by atoms with Crippen molar-refractivity contribution in [2.75, 3.05) is 11.4 Å². The number of ether oxygens (including phenoxy) is 1. The maximum absolute atomic E-state index is 12.5. The molecule has 3 rings (SSSR count). The van der Waals surface area contributed by atoms with Crippen LogP contribution in [0, 0.1) is 0 Å². The molecule has 1 aliphatic rings. The fourth-order valence-electron chi connectivity index (χ4n) is 2.55. The fourth-order valence-corrected chi connectivity index (χ4v) is 3.79. The number of benzene rings is 1. The molecular weight excluding hydrogens is 526 g/mol. The summed E-state index contributed by atoms with van der Waals surface area (Å²) in [5.74, 6) is -0.00916. The number of nitrogens with zero attached hydrogens (tertiary/aromatic N) is 1. The van der Waals surface area contributed by atoms with Crippen LogP contribution in [0.1, 0.15) is 21.7 Å². The normalized spacial score (nSPS) is 14.2. The quantitative estimate of drug-likeness (QED) is 0.305. The molecule has 0 atom stereocenters. The van der Waals surface area contributed by atoms with Gasteiger partial charge in [-0.3, -0.25) is 4.79 Å². The number of aryl methyl sites for hydroxylation is 1. The zero-order valence-electron chi connectivity index (χ0n) is 12.3. The number of carbonyl (C=O) groups excluding carboxylic acids is 2. The molecule has 126 valence electrons. The van der Waals surface area contributed by atoms with Gasteiger partial charge < -0.3 is 9.64 Å². The van der Waals surface area contributed by atoms with Crippen molar-refractivity contribution < 1.29 is 14.3 Å². The lowest BCUT2D eigenvalue weighted by Gasteiger charge is -2.32. The van der Waals surface area contributed by atoms with E-state index in [1.54, 1.807) is 17.0 Å². The predicted molar refractivity (Wildman–Crippen MR) is 106 cm³/mol. The Morgan fingerprint density at radius 1 is 1.21 bits per heavy atom. The highest BCUT2D eigenvalue weighted by atomic mass is 80.0. The van der Waals surface area contributed by atoms with E-state index >= 15 is 0 Å². The van der Waals surface area contributed by atoms with Crippen LogP contribution in [0.15, 0.2) is 35.7 Å². The van der Waals surface area contributed by atoms with Gasteiger partial charge in [0.25, 0.3) is 5.91 Å². The molecule has 8 heteroatoms. The summed E-state index contributed by atoms with van der Waals surface area (Å²) in [6, 6.07) is 8.91. The molecule has 0 fully saturated rings. The first-order chi connectivity index (χ1) is 11.4. The number of hydrogen-bond acceptors (Lipinski definition) is 4. The first-order valence-corrected chi connectivity index (χ1v) is 10.4. The highest BCUT2D eigenvalue weighted by Gasteiger charge is 2.36. The van der Waals surface area contributed by atoms with Crippen molar-refractivity contribution in [3.63, 3.8) is 0 Å². The minimum absolute atomic E-state index is 0.133. The smallest absolute Gasteiger partial charge is 0.353 e. The fraction of sp³-hybridized carbons (Fsp3) is 0.250. The number of fused-ring (bicyclic) bond motifs is 1. The average molecular weight is 538 g/mol. The van der Waals surface area contributed by atoms with E-state index in [0.29, 0.717) is 17.2 Å². The van der Waals surface area contributed by atoms with E-state index in [-0.39, 0.29) is 11.9 Å². The molecule has 1 aromatic carbocycles. The molecule has 0 N–H and O–H groups in total. The van der Waals surface area contributed by atoms with Gasteiger partial charge in [0, 0.05) is 12.2 Å². The van der Waals surface area contributed by atoms with Gasteiger partial charge in [0.15, 0.2) is 0 Å². The summed E-state index contributed by atoms with van der Waals surface area (Å²) < 4.78 is 4.45. The van der Waals surface area contributed by atoms with Crippen molar-refractivity contribution in [2.24, 2.45) is 0 Å². The third-order valence-electron chi connectivity index (χ3n) is 3.59. The zero-order valence-corrected chi connectivity index (χ0v) is 17.9. The summed E-state index contributed by atoms with van der Waals surface area (Å²) in [5, 5.41) is 1.83. The summed E-state index contributed by atoms with van der Waals surface area (Å²) in [5.41, 5.74) is 1.83. The van der Waals surface area contributed by atoms with Gasteiger partial charge >= 0.3 is 5.97 Å². The van der Waals surface area contributed by atoms with E-state index < -0.39 is 2.14 Å². The number of anilines is 1. The zero-order chi connectivity index (χ0) is 17.3. The molecule has 4 nitrogen and oxygen atoms in total. The lowest BCUT2D eigenvalue weighted by molar-refractivity contribution is -0.117. The number of amides is 1. The maximum Gasteiger partial charge on any atom is 0.353 e. The minimum atomic E-state index is -0.980. The Bertz CT molecular complexity index is 771. The maximum atomic E-state index is 12.5. The van der Waals surface area contributed by atoms with Crippen LogP contribution in [-0.2, 0) is 11.2 Å². The summed E-state index contributed by atoms with van der Waals surface area (Å²) in [6.07, 6.45) is 1.69. The Morgan fingerprint density at radius 3 is 2.67 bits per heavy atom. The minimum Gasteiger partial charge on any atom is -0.422 e. The molecule has 0 unspecified atom stereocenters. The van der Waals surface area contributed by atoms with Crippen molar-refractivity contribution in [2.45, 2.75) is 15.0 Å². The number of alkyl halides is 3. The van der Waals surface area contributed by atoms with Crippen LogP contribution in [0.5, 0.6) is 5.75 Å². The molecule has 24 heavy (non-hydrogen) atoms. The van der Waals surface area contributed by atoms with E-state index in [1.807, 2.05) is 23.6 Å². The molecule has 0 radical (unpaired) electrons. The van der Waals surface area contributed by atoms with Crippen LogP contribution in [0.25, 0.3) is 0 Å². The van der Waals surface area contributed by atoms with Gasteiger partial charge in [0.2, 0.25) is 2.14 Å². The second kappa shape index (κ2) is 7.27.